The fraction of sp³-hybridized carbons (Fsp3) is 0.417. The van der Waals surface area contributed by atoms with E-state index in [1.807, 2.05) is 19.1 Å². The van der Waals surface area contributed by atoms with Gasteiger partial charge in [-0.1, -0.05) is 12.1 Å². The summed E-state index contributed by atoms with van der Waals surface area (Å²) in [7, 11) is 3.33. The third kappa shape index (κ3) is 4.71. The summed E-state index contributed by atoms with van der Waals surface area (Å²) in [5.74, 6) is 2.00. The number of aryl methyl sites for hydroxylation is 1. The summed E-state index contributed by atoms with van der Waals surface area (Å²) in [5.41, 5.74) is 2.68. The quantitative estimate of drug-likeness (QED) is 0.639. The maximum atomic E-state index is 13.6. The molecule has 0 saturated carbocycles. The Morgan fingerprint density at radius 2 is 1.97 bits per heavy atom. The molecule has 1 aromatic heterocycles. The molecule has 31 heavy (non-hydrogen) atoms. The maximum absolute atomic E-state index is 13.6. The summed E-state index contributed by atoms with van der Waals surface area (Å²) in [6.07, 6.45) is 3.13. The van der Waals surface area contributed by atoms with Crippen molar-refractivity contribution >= 4 is 16.9 Å². The van der Waals surface area contributed by atoms with Crippen LogP contribution in [0.3, 0.4) is 0 Å². The molecule has 6 nitrogen and oxygen atoms in total. The van der Waals surface area contributed by atoms with Gasteiger partial charge in [0.15, 0.2) is 11.5 Å². The number of para-hydroxylation sites is 1. The third-order valence-corrected chi connectivity index (χ3v) is 5.91. The van der Waals surface area contributed by atoms with Gasteiger partial charge in [0.1, 0.15) is 5.82 Å². The number of hydrogen-bond donors (Lipinski definition) is 1. The van der Waals surface area contributed by atoms with E-state index < -0.39 is 0 Å². The molecular formula is C24H29FN4O2. The van der Waals surface area contributed by atoms with Crippen molar-refractivity contribution < 1.29 is 13.9 Å². The normalized spacial score (nSPS) is 16.9. The number of aromatic nitrogens is 2. The Bertz CT molecular complexity index is 1060. The van der Waals surface area contributed by atoms with E-state index in [9.17, 15) is 4.39 Å². The fourth-order valence-corrected chi connectivity index (χ4v) is 4.23. The zero-order chi connectivity index (χ0) is 21.8. The molecule has 3 aromatic rings. The zero-order valence-electron chi connectivity index (χ0n) is 18.3. The predicted octanol–water partition coefficient (Wildman–Crippen LogP) is 4.24. The van der Waals surface area contributed by atoms with Gasteiger partial charge in [0, 0.05) is 36.6 Å². The topological polar surface area (TPSA) is 59.5 Å². The van der Waals surface area contributed by atoms with Crippen molar-refractivity contribution in [2.45, 2.75) is 38.8 Å². The van der Waals surface area contributed by atoms with Crippen LogP contribution in [-0.4, -0.2) is 43.3 Å². The Kier molecular flexibility index (Phi) is 6.51. The first-order chi connectivity index (χ1) is 15.1. The van der Waals surface area contributed by atoms with Crippen molar-refractivity contribution in [2.75, 3.05) is 32.2 Å². The van der Waals surface area contributed by atoms with E-state index in [1.165, 1.54) is 12.1 Å². The van der Waals surface area contributed by atoms with Crippen molar-refractivity contribution in [3.63, 3.8) is 0 Å². The molecule has 7 heteroatoms. The molecule has 1 atom stereocenters. The van der Waals surface area contributed by atoms with E-state index >= 15 is 0 Å². The Hall–Kier alpha value is -2.93. The maximum Gasteiger partial charge on any atom is 0.226 e. The first-order valence-electron chi connectivity index (χ1n) is 10.7. The number of fused-ring (bicyclic) bond motifs is 1. The van der Waals surface area contributed by atoms with Gasteiger partial charge in [-0.25, -0.2) is 14.4 Å². The number of halogens is 1. The molecule has 1 aliphatic rings. The van der Waals surface area contributed by atoms with Crippen LogP contribution in [0.2, 0.25) is 0 Å². The molecule has 164 valence electrons. The number of rotatable bonds is 6. The van der Waals surface area contributed by atoms with Crippen molar-refractivity contribution in [1.29, 1.82) is 0 Å². The van der Waals surface area contributed by atoms with E-state index in [0.717, 1.165) is 78.5 Å². The van der Waals surface area contributed by atoms with Crippen LogP contribution < -0.4 is 19.7 Å². The number of nitrogens with one attached hydrogen (secondary N) is 1. The van der Waals surface area contributed by atoms with Crippen LogP contribution in [0, 0.1) is 12.7 Å². The van der Waals surface area contributed by atoms with E-state index in [0.29, 0.717) is 6.04 Å². The van der Waals surface area contributed by atoms with Gasteiger partial charge in [0.05, 0.1) is 25.4 Å². The number of benzene rings is 2. The lowest BCUT2D eigenvalue weighted by atomic mass is 10.1. The average Bonchev–Trinajstić information content (AvgIpc) is 3.03. The molecule has 2 heterocycles. The molecule has 1 saturated heterocycles. The van der Waals surface area contributed by atoms with Crippen LogP contribution in [0.5, 0.6) is 11.5 Å². The Labute approximate surface area is 182 Å². The summed E-state index contributed by atoms with van der Waals surface area (Å²) in [6, 6.07) is 11.0. The van der Waals surface area contributed by atoms with Crippen LogP contribution in [0.1, 0.15) is 30.5 Å². The van der Waals surface area contributed by atoms with Gasteiger partial charge in [0.25, 0.3) is 0 Å². The van der Waals surface area contributed by atoms with Gasteiger partial charge in [-0.15, -0.1) is 0 Å². The van der Waals surface area contributed by atoms with Crippen LogP contribution in [0.4, 0.5) is 10.3 Å². The largest absolute Gasteiger partial charge is 0.493 e. The molecule has 1 N–H and O–H groups in total. The monoisotopic (exact) mass is 424 g/mol. The molecule has 2 aromatic carbocycles. The molecule has 0 unspecified atom stereocenters. The first kappa shape index (κ1) is 21.3. The van der Waals surface area contributed by atoms with Crippen LogP contribution in [-0.2, 0) is 6.54 Å². The summed E-state index contributed by atoms with van der Waals surface area (Å²) in [4.78, 5) is 11.6. The van der Waals surface area contributed by atoms with Gasteiger partial charge >= 0.3 is 0 Å². The van der Waals surface area contributed by atoms with Gasteiger partial charge in [-0.3, -0.25) is 0 Å². The molecule has 0 aliphatic carbocycles. The molecule has 1 aliphatic heterocycles. The minimum atomic E-state index is -0.261. The predicted molar refractivity (Wildman–Crippen MR) is 120 cm³/mol. The minimum absolute atomic E-state index is 0.261. The number of hydrogen-bond acceptors (Lipinski definition) is 6. The summed E-state index contributed by atoms with van der Waals surface area (Å²) < 4.78 is 24.5. The van der Waals surface area contributed by atoms with Crippen LogP contribution in [0.15, 0.2) is 36.4 Å². The standard InChI is InChI=1S/C24H29FN4O2/c1-16-20-14-18(25)9-10-21(20)28-24(27-16)29-12-5-7-19(11-13-29)26-15-17-6-4-8-22(30-2)23(17)31-3/h4,6,8-10,14,19,26H,5,7,11-13,15H2,1-3H3/t19-/m1/s1. The second-order valence-electron chi connectivity index (χ2n) is 7.92. The van der Waals surface area contributed by atoms with E-state index in [1.54, 1.807) is 20.3 Å². The minimum Gasteiger partial charge on any atom is -0.493 e. The highest BCUT2D eigenvalue weighted by Gasteiger charge is 2.20. The van der Waals surface area contributed by atoms with Crippen molar-refractivity contribution in [3.05, 3.63) is 53.5 Å². The van der Waals surface area contributed by atoms with E-state index in [4.69, 9.17) is 14.5 Å². The molecule has 1 fully saturated rings. The lowest BCUT2D eigenvalue weighted by molar-refractivity contribution is 0.349. The van der Waals surface area contributed by atoms with E-state index in [2.05, 4.69) is 21.3 Å². The van der Waals surface area contributed by atoms with Gasteiger partial charge in [-0.05, 0) is 50.5 Å². The SMILES string of the molecule is COc1cccc(CN[C@@H]2CCCN(c3nc(C)c4cc(F)ccc4n3)CC2)c1OC. The lowest BCUT2D eigenvalue weighted by Gasteiger charge is -2.22. The second kappa shape index (κ2) is 9.47. The van der Waals surface area contributed by atoms with E-state index in [-0.39, 0.29) is 5.82 Å². The Balaban J connectivity index is 1.42. The van der Waals surface area contributed by atoms with Crippen LogP contribution >= 0.6 is 0 Å². The molecule has 0 radical (unpaired) electrons. The van der Waals surface area contributed by atoms with Gasteiger partial charge in [0.2, 0.25) is 5.95 Å². The van der Waals surface area contributed by atoms with Crippen LogP contribution in [0.25, 0.3) is 10.9 Å². The average molecular weight is 425 g/mol. The number of methoxy groups -OCH3 is 2. The highest BCUT2D eigenvalue weighted by Crippen LogP contribution is 2.31. The Morgan fingerprint density at radius 3 is 2.77 bits per heavy atom. The highest BCUT2D eigenvalue weighted by molar-refractivity contribution is 5.81. The van der Waals surface area contributed by atoms with Crippen molar-refractivity contribution in [2.24, 2.45) is 0 Å². The summed E-state index contributed by atoms with van der Waals surface area (Å²) >= 11 is 0. The number of anilines is 1. The lowest BCUT2D eigenvalue weighted by Crippen LogP contribution is -2.31. The fourth-order valence-electron chi connectivity index (χ4n) is 4.23. The number of nitrogens with zero attached hydrogens (tertiary/aromatic N) is 3. The van der Waals surface area contributed by atoms with Crippen molar-refractivity contribution in [1.82, 2.24) is 15.3 Å². The third-order valence-electron chi connectivity index (χ3n) is 5.91. The molecule has 4 rings (SSSR count). The zero-order valence-corrected chi connectivity index (χ0v) is 18.3. The van der Waals surface area contributed by atoms with Gasteiger partial charge in [-0.2, -0.15) is 0 Å². The molecule has 0 amide bonds. The molecular weight excluding hydrogens is 395 g/mol. The summed E-state index contributed by atoms with van der Waals surface area (Å²) in [5, 5.41) is 4.45. The smallest absolute Gasteiger partial charge is 0.226 e. The first-order valence-corrected chi connectivity index (χ1v) is 10.7. The van der Waals surface area contributed by atoms with Crippen molar-refractivity contribution in [3.8, 4) is 11.5 Å². The summed E-state index contributed by atoms with van der Waals surface area (Å²) in [6.45, 7) is 4.42. The number of ether oxygens (including phenoxy) is 2. The second-order valence-corrected chi connectivity index (χ2v) is 7.92. The highest BCUT2D eigenvalue weighted by atomic mass is 19.1. The van der Waals surface area contributed by atoms with Gasteiger partial charge < -0.3 is 19.7 Å². The molecule has 0 spiro atoms. The Morgan fingerprint density at radius 1 is 1.10 bits per heavy atom. The molecule has 0 bridgehead atoms.